The fourth-order valence-corrected chi connectivity index (χ4v) is 5.04. The molecule has 1 aliphatic heterocycles. The van der Waals surface area contributed by atoms with Crippen molar-refractivity contribution in [1.29, 1.82) is 0 Å². The second-order valence-electron chi connectivity index (χ2n) is 7.54. The Kier molecular flexibility index (Phi) is 6.52. The van der Waals surface area contributed by atoms with Gasteiger partial charge < -0.3 is 5.32 Å². The molecule has 6 heteroatoms. The van der Waals surface area contributed by atoms with E-state index in [9.17, 15) is 13.2 Å². The van der Waals surface area contributed by atoms with Crippen molar-refractivity contribution < 1.29 is 13.2 Å². The Labute approximate surface area is 167 Å². The van der Waals surface area contributed by atoms with Gasteiger partial charge in [0.15, 0.2) is 0 Å². The average Bonchev–Trinajstić information content (AvgIpc) is 2.98. The topological polar surface area (TPSA) is 66.5 Å². The van der Waals surface area contributed by atoms with Crippen molar-refractivity contribution in [2.45, 2.75) is 50.3 Å². The highest BCUT2D eigenvalue weighted by Crippen LogP contribution is 2.25. The Morgan fingerprint density at radius 3 is 2.14 bits per heavy atom. The first kappa shape index (κ1) is 20.6. The number of anilines is 1. The smallest absolute Gasteiger partial charge is 0.255 e. The van der Waals surface area contributed by atoms with E-state index in [4.69, 9.17) is 0 Å². The van der Waals surface area contributed by atoms with Crippen molar-refractivity contribution in [2.24, 2.45) is 0 Å². The minimum Gasteiger partial charge on any atom is -0.322 e. The summed E-state index contributed by atoms with van der Waals surface area (Å²) < 4.78 is 27.3. The van der Waals surface area contributed by atoms with E-state index < -0.39 is 10.0 Å². The summed E-state index contributed by atoms with van der Waals surface area (Å²) in [6.07, 6.45) is 3.94. The van der Waals surface area contributed by atoms with Crippen LogP contribution in [0.3, 0.4) is 0 Å². The van der Waals surface area contributed by atoms with Crippen LogP contribution in [0.25, 0.3) is 0 Å². The highest BCUT2D eigenvalue weighted by molar-refractivity contribution is 7.89. The van der Waals surface area contributed by atoms with Crippen molar-refractivity contribution in [3.8, 4) is 0 Å². The molecule has 2 aromatic rings. The lowest BCUT2D eigenvalue weighted by molar-refractivity contribution is 0.102. The first-order valence-electron chi connectivity index (χ1n) is 9.90. The van der Waals surface area contributed by atoms with Gasteiger partial charge in [0.25, 0.3) is 5.91 Å². The number of nitrogens with zero attached hydrogens (tertiary/aromatic N) is 1. The molecule has 1 N–H and O–H groups in total. The van der Waals surface area contributed by atoms with Gasteiger partial charge in [0, 0.05) is 24.3 Å². The van der Waals surface area contributed by atoms with E-state index >= 15 is 0 Å². The first-order valence-corrected chi connectivity index (χ1v) is 11.3. The van der Waals surface area contributed by atoms with Crippen LogP contribution < -0.4 is 5.32 Å². The molecule has 1 saturated heterocycles. The van der Waals surface area contributed by atoms with E-state index in [1.54, 1.807) is 16.4 Å². The number of benzene rings is 2. The standard InChI is InChI=1S/C22H28N2O3S/c1-17(2)20-9-5-6-10-21(20)23-22(25)18-11-13-19(14-12-18)28(26,27)24-15-7-3-4-8-16-24/h5-6,9-14,17H,3-4,7-8,15-16H2,1-2H3,(H,23,25). The summed E-state index contributed by atoms with van der Waals surface area (Å²) in [7, 11) is -3.50. The second-order valence-corrected chi connectivity index (χ2v) is 9.48. The van der Waals surface area contributed by atoms with Gasteiger partial charge in [-0.3, -0.25) is 4.79 Å². The molecule has 150 valence electrons. The Hall–Kier alpha value is -2.18. The molecule has 0 aliphatic carbocycles. The van der Waals surface area contributed by atoms with Crippen LogP contribution >= 0.6 is 0 Å². The zero-order valence-electron chi connectivity index (χ0n) is 16.5. The minimum absolute atomic E-state index is 0.244. The third-order valence-electron chi connectivity index (χ3n) is 5.15. The molecule has 5 nitrogen and oxygen atoms in total. The lowest BCUT2D eigenvalue weighted by atomic mass is 10.0. The van der Waals surface area contributed by atoms with Gasteiger partial charge in [0.1, 0.15) is 0 Å². The quantitative estimate of drug-likeness (QED) is 0.796. The third kappa shape index (κ3) is 4.62. The van der Waals surface area contributed by atoms with Crippen LogP contribution in [0.15, 0.2) is 53.4 Å². The zero-order chi connectivity index (χ0) is 20.1. The summed E-state index contributed by atoms with van der Waals surface area (Å²) in [5.41, 5.74) is 2.29. The average molecular weight is 401 g/mol. The van der Waals surface area contributed by atoms with Crippen LogP contribution in [0.5, 0.6) is 0 Å². The van der Waals surface area contributed by atoms with E-state index in [1.807, 2.05) is 24.3 Å². The fraction of sp³-hybridized carbons (Fsp3) is 0.409. The van der Waals surface area contributed by atoms with E-state index in [-0.39, 0.29) is 16.7 Å². The number of amides is 1. The molecule has 28 heavy (non-hydrogen) atoms. The normalized spacial score (nSPS) is 16.0. The molecule has 0 radical (unpaired) electrons. The Balaban J connectivity index is 1.76. The molecule has 1 heterocycles. The summed E-state index contributed by atoms with van der Waals surface area (Å²) in [4.78, 5) is 12.9. The summed E-state index contributed by atoms with van der Waals surface area (Å²) >= 11 is 0. The van der Waals surface area contributed by atoms with Gasteiger partial charge in [-0.05, 0) is 54.7 Å². The van der Waals surface area contributed by atoms with Crippen molar-refractivity contribution in [2.75, 3.05) is 18.4 Å². The predicted molar refractivity (Wildman–Crippen MR) is 112 cm³/mol. The van der Waals surface area contributed by atoms with E-state index in [1.165, 1.54) is 12.1 Å². The molecule has 0 bridgehead atoms. The number of hydrogen-bond donors (Lipinski definition) is 1. The molecule has 3 rings (SSSR count). The zero-order valence-corrected chi connectivity index (χ0v) is 17.3. The molecule has 1 aliphatic rings. The van der Waals surface area contributed by atoms with E-state index in [2.05, 4.69) is 19.2 Å². The number of sulfonamides is 1. The molecular weight excluding hydrogens is 372 g/mol. The van der Waals surface area contributed by atoms with E-state index in [0.29, 0.717) is 18.7 Å². The van der Waals surface area contributed by atoms with Gasteiger partial charge in [-0.1, -0.05) is 44.9 Å². The second kappa shape index (κ2) is 8.88. The van der Waals surface area contributed by atoms with Crippen molar-refractivity contribution >= 4 is 21.6 Å². The Morgan fingerprint density at radius 2 is 1.54 bits per heavy atom. The highest BCUT2D eigenvalue weighted by Gasteiger charge is 2.25. The molecule has 1 fully saturated rings. The Bertz CT molecular complexity index is 913. The van der Waals surface area contributed by atoms with Crippen LogP contribution in [0.1, 0.15) is 61.4 Å². The lowest BCUT2D eigenvalue weighted by Crippen LogP contribution is -2.31. The minimum atomic E-state index is -3.50. The van der Waals surface area contributed by atoms with Crippen LogP contribution in [0.2, 0.25) is 0 Å². The van der Waals surface area contributed by atoms with Gasteiger partial charge in [0.05, 0.1) is 4.90 Å². The molecule has 0 spiro atoms. The molecule has 0 aromatic heterocycles. The highest BCUT2D eigenvalue weighted by atomic mass is 32.2. The molecular formula is C22H28N2O3S. The lowest BCUT2D eigenvalue weighted by Gasteiger charge is -2.20. The summed E-state index contributed by atoms with van der Waals surface area (Å²) in [5.74, 6) is 0.0458. The van der Waals surface area contributed by atoms with Crippen molar-refractivity contribution in [3.63, 3.8) is 0 Å². The summed E-state index contributed by atoms with van der Waals surface area (Å²) in [6.45, 7) is 5.29. The van der Waals surface area contributed by atoms with Crippen molar-refractivity contribution in [3.05, 3.63) is 59.7 Å². The maximum atomic E-state index is 12.9. The number of nitrogens with one attached hydrogen (secondary N) is 1. The van der Waals surface area contributed by atoms with Crippen LogP contribution in [0.4, 0.5) is 5.69 Å². The maximum Gasteiger partial charge on any atom is 0.255 e. The molecule has 2 aromatic carbocycles. The van der Waals surface area contributed by atoms with Crippen LogP contribution in [0, 0.1) is 0 Å². The number of carbonyl (C=O) groups is 1. The van der Waals surface area contributed by atoms with Gasteiger partial charge in [-0.15, -0.1) is 0 Å². The van der Waals surface area contributed by atoms with Gasteiger partial charge >= 0.3 is 0 Å². The van der Waals surface area contributed by atoms with Gasteiger partial charge in [-0.25, -0.2) is 8.42 Å². The molecule has 0 saturated carbocycles. The SMILES string of the molecule is CC(C)c1ccccc1NC(=O)c1ccc(S(=O)(=O)N2CCCCCC2)cc1. The van der Waals surface area contributed by atoms with Gasteiger partial charge in [-0.2, -0.15) is 4.31 Å². The monoisotopic (exact) mass is 400 g/mol. The summed E-state index contributed by atoms with van der Waals surface area (Å²) in [6, 6.07) is 13.9. The summed E-state index contributed by atoms with van der Waals surface area (Å²) in [5, 5.41) is 2.94. The maximum absolute atomic E-state index is 12.9. The van der Waals surface area contributed by atoms with Gasteiger partial charge in [0.2, 0.25) is 10.0 Å². The third-order valence-corrected chi connectivity index (χ3v) is 7.06. The predicted octanol–water partition coefficient (Wildman–Crippen LogP) is 4.63. The fourth-order valence-electron chi connectivity index (χ4n) is 3.52. The molecule has 0 unspecified atom stereocenters. The van der Waals surface area contributed by atoms with Crippen LogP contribution in [-0.4, -0.2) is 31.7 Å². The Morgan fingerprint density at radius 1 is 0.929 bits per heavy atom. The van der Waals surface area contributed by atoms with Crippen LogP contribution in [-0.2, 0) is 10.0 Å². The number of hydrogen-bond acceptors (Lipinski definition) is 3. The van der Waals surface area contributed by atoms with Crippen molar-refractivity contribution in [1.82, 2.24) is 4.31 Å². The number of rotatable bonds is 5. The molecule has 1 amide bonds. The van der Waals surface area contributed by atoms with E-state index in [0.717, 1.165) is 36.9 Å². The molecule has 0 atom stereocenters. The largest absolute Gasteiger partial charge is 0.322 e. The first-order chi connectivity index (χ1) is 13.4. The number of para-hydroxylation sites is 1. The number of carbonyl (C=O) groups excluding carboxylic acids is 1.